The maximum atomic E-state index is 3.57. The molecule has 19 heavy (non-hydrogen) atoms. The number of nitrogens with zero attached hydrogens (tertiary/aromatic N) is 1. The molecule has 0 radical (unpaired) electrons. The van der Waals surface area contributed by atoms with Crippen LogP contribution in [-0.2, 0) is 6.54 Å². The van der Waals surface area contributed by atoms with Gasteiger partial charge in [0.15, 0.2) is 0 Å². The van der Waals surface area contributed by atoms with Gasteiger partial charge in [-0.1, -0.05) is 31.2 Å². The molecule has 1 aliphatic heterocycles. The van der Waals surface area contributed by atoms with Crippen molar-refractivity contribution in [2.24, 2.45) is 5.92 Å². The SMILES string of the molecule is CCCNCC1CCCN(Cc2ccccc2C)C1. The summed E-state index contributed by atoms with van der Waals surface area (Å²) >= 11 is 0. The summed E-state index contributed by atoms with van der Waals surface area (Å²) in [4.78, 5) is 2.63. The minimum atomic E-state index is 0.837. The largest absolute Gasteiger partial charge is 0.316 e. The molecule has 2 heteroatoms. The number of aryl methyl sites for hydroxylation is 1. The highest BCUT2D eigenvalue weighted by Gasteiger charge is 2.19. The van der Waals surface area contributed by atoms with Gasteiger partial charge < -0.3 is 5.32 Å². The van der Waals surface area contributed by atoms with E-state index in [0.29, 0.717) is 0 Å². The van der Waals surface area contributed by atoms with Crippen molar-refractivity contribution < 1.29 is 0 Å². The van der Waals surface area contributed by atoms with E-state index in [1.54, 1.807) is 0 Å². The lowest BCUT2D eigenvalue weighted by Crippen LogP contribution is -2.39. The van der Waals surface area contributed by atoms with Gasteiger partial charge in [-0.15, -0.1) is 0 Å². The number of piperidine rings is 1. The molecule has 0 saturated carbocycles. The van der Waals surface area contributed by atoms with Crippen molar-refractivity contribution in [2.45, 2.75) is 39.7 Å². The standard InChI is InChI=1S/C17H28N2/c1-3-10-18-12-16-8-6-11-19(13-16)14-17-9-5-4-7-15(17)2/h4-5,7,9,16,18H,3,6,8,10-14H2,1-2H3. The van der Waals surface area contributed by atoms with Gasteiger partial charge >= 0.3 is 0 Å². The normalized spacial score (nSPS) is 20.6. The zero-order chi connectivity index (χ0) is 13.5. The van der Waals surface area contributed by atoms with Gasteiger partial charge in [-0.2, -0.15) is 0 Å². The third kappa shape index (κ3) is 4.63. The molecule has 0 bridgehead atoms. The van der Waals surface area contributed by atoms with Crippen molar-refractivity contribution in [3.8, 4) is 0 Å². The van der Waals surface area contributed by atoms with E-state index in [9.17, 15) is 0 Å². The molecule has 1 unspecified atom stereocenters. The predicted molar refractivity (Wildman–Crippen MR) is 82.3 cm³/mol. The summed E-state index contributed by atoms with van der Waals surface area (Å²) in [7, 11) is 0. The molecule has 0 amide bonds. The lowest BCUT2D eigenvalue weighted by atomic mass is 9.97. The average molecular weight is 260 g/mol. The van der Waals surface area contributed by atoms with Crippen LogP contribution in [-0.4, -0.2) is 31.1 Å². The Morgan fingerprint density at radius 2 is 2.16 bits per heavy atom. The van der Waals surface area contributed by atoms with Crippen LogP contribution in [0, 0.1) is 12.8 Å². The second-order valence-electron chi connectivity index (χ2n) is 5.87. The number of hydrogen-bond donors (Lipinski definition) is 1. The van der Waals surface area contributed by atoms with E-state index >= 15 is 0 Å². The Balaban J connectivity index is 1.82. The van der Waals surface area contributed by atoms with Gasteiger partial charge in [0.1, 0.15) is 0 Å². The van der Waals surface area contributed by atoms with Crippen LogP contribution in [0.4, 0.5) is 0 Å². The number of benzene rings is 1. The first-order valence-corrected chi connectivity index (χ1v) is 7.77. The van der Waals surface area contributed by atoms with Crippen LogP contribution >= 0.6 is 0 Å². The maximum Gasteiger partial charge on any atom is 0.0236 e. The summed E-state index contributed by atoms with van der Waals surface area (Å²) in [5.74, 6) is 0.837. The summed E-state index contributed by atoms with van der Waals surface area (Å²) in [5.41, 5.74) is 2.92. The molecule has 1 atom stereocenters. The van der Waals surface area contributed by atoms with Crippen LogP contribution in [0.25, 0.3) is 0 Å². The van der Waals surface area contributed by atoms with E-state index in [1.807, 2.05) is 0 Å². The molecule has 1 aliphatic rings. The third-order valence-electron chi connectivity index (χ3n) is 4.12. The number of nitrogens with one attached hydrogen (secondary N) is 1. The number of hydrogen-bond acceptors (Lipinski definition) is 2. The Morgan fingerprint density at radius 1 is 1.32 bits per heavy atom. The summed E-state index contributed by atoms with van der Waals surface area (Å²) in [6, 6.07) is 8.78. The summed E-state index contributed by atoms with van der Waals surface area (Å²) < 4.78 is 0. The first-order chi connectivity index (χ1) is 9.29. The van der Waals surface area contributed by atoms with Crippen molar-refractivity contribution in [2.75, 3.05) is 26.2 Å². The van der Waals surface area contributed by atoms with E-state index in [4.69, 9.17) is 0 Å². The first kappa shape index (κ1) is 14.5. The Morgan fingerprint density at radius 3 is 2.95 bits per heavy atom. The minimum Gasteiger partial charge on any atom is -0.316 e. The molecule has 0 aliphatic carbocycles. The van der Waals surface area contributed by atoms with E-state index in [2.05, 4.69) is 48.3 Å². The molecule has 1 aromatic rings. The van der Waals surface area contributed by atoms with Crippen molar-refractivity contribution in [3.63, 3.8) is 0 Å². The topological polar surface area (TPSA) is 15.3 Å². The second kappa shape index (κ2) is 7.66. The Kier molecular flexibility index (Phi) is 5.87. The summed E-state index contributed by atoms with van der Waals surface area (Å²) in [5, 5.41) is 3.57. The zero-order valence-electron chi connectivity index (χ0n) is 12.5. The molecule has 2 nitrogen and oxygen atoms in total. The number of likely N-dealkylation sites (tertiary alicyclic amines) is 1. The fourth-order valence-electron chi connectivity index (χ4n) is 2.97. The molecular formula is C17H28N2. The second-order valence-corrected chi connectivity index (χ2v) is 5.87. The average Bonchev–Trinajstić information content (AvgIpc) is 2.42. The Labute approximate surface area is 118 Å². The van der Waals surface area contributed by atoms with Crippen LogP contribution in [0.1, 0.15) is 37.3 Å². The molecule has 1 heterocycles. The van der Waals surface area contributed by atoms with E-state index < -0.39 is 0 Å². The molecule has 1 N–H and O–H groups in total. The van der Waals surface area contributed by atoms with Crippen molar-refractivity contribution >= 4 is 0 Å². The van der Waals surface area contributed by atoms with Crippen LogP contribution in [0.3, 0.4) is 0 Å². The van der Waals surface area contributed by atoms with Crippen LogP contribution in [0.15, 0.2) is 24.3 Å². The molecule has 1 aromatic carbocycles. The van der Waals surface area contributed by atoms with Gasteiger partial charge in [0.25, 0.3) is 0 Å². The van der Waals surface area contributed by atoms with Gasteiger partial charge in [0.2, 0.25) is 0 Å². The van der Waals surface area contributed by atoms with E-state index in [1.165, 1.54) is 50.0 Å². The lowest BCUT2D eigenvalue weighted by molar-refractivity contribution is 0.165. The number of rotatable bonds is 6. The van der Waals surface area contributed by atoms with Gasteiger partial charge in [0.05, 0.1) is 0 Å². The highest BCUT2D eigenvalue weighted by molar-refractivity contribution is 5.25. The van der Waals surface area contributed by atoms with Crippen molar-refractivity contribution in [1.29, 1.82) is 0 Å². The quantitative estimate of drug-likeness (QED) is 0.790. The predicted octanol–water partition coefficient (Wildman–Crippen LogP) is 3.21. The van der Waals surface area contributed by atoms with Gasteiger partial charge in [0, 0.05) is 13.1 Å². The Bertz CT molecular complexity index is 375. The molecule has 1 fully saturated rings. The highest BCUT2D eigenvalue weighted by atomic mass is 15.1. The highest BCUT2D eigenvalue weighted by Crippen LogP contribution is 2.19. The van der Waals surface area contributed by atoms with E-state index in [-0.39, 0.29) is 0 Å². The van der Waals surface area contributed by atoms with Crippen molar-refractivity contribution in [1.82, 2.24) is 10.2 Å². The molecule has 106 valence electrons. The molecule has 1 saturated heterocycles. The zero-order valence-corrected chi connectivity index (χ0v) is 12.5. The van der Waals surface area contributed by atoms with Crippen LogP contribution in [0.2, 0.25) is 0 Å². The molecule has 2 rings (SSSR count). The van der Waals surface area contributed by atoms with Crippen LogP contribution in [0.5, 0.6) is 0 Å². The fourth-order valence-corrected chi connectivity index (χ4v) is 2.97. The van der Waals surface area contributed by atoms with Gasteiger partial charge in [-0.25, -0.2) is 0 Å². The van der Waals surface area contributed by atoms with Gasteiger partial charge in [-0.05, 0) is 62.9 Å². The Hall–Kier alpha value is -0.860. The van der Waals surface area contributed by atoms with Crippen LogP contribution < -0.4 is 5.32 Å². The molecule has 0 aromatic heterocycles. The lowest BCUT2D eigenvalue weighted by Gasteiger charge is -2.33. The fraction of sp³-hybridized carbons (Fsp3) is 0.647. The molecule has 0 spiro atoms. The molecular weight excluding hydrogens is 232 g/mol. The smallest absolute Gasteiger partial charge is 0.0236 e. The third-order valence-corrected chi connectivity index (χ3v) is 4.12. The van der Waals surface area contributed by atoms with E-state index in [0.717, 1.165) is 19.0 Å². The summed E-state index contributed by atoms with van der Waals surface area (Å²) in [6.45, 7) is 10.4. The first-order valence-electron chi connectivity index (χ1n) is 7.77. The summed E-state index contributed by atoms with van der Waals surface area (Å²) in [6.07, 6.45) is 3.98. The van der Waals surface area contributed by atoms with Gasteiger partial charge in [-0.3, -0.25) is 4.90 Å². The van der Waals surface area contributed by atoms with Crippen molar-refractivity contribution in [3.05, 3.63) is 35.4 Å². The minimum absolute atomic E-state index is 0.837. The monoisotopic (exact) mass is 260 g/mol. The maximum absolute atomic E-state index is 3.57.